The summed E-state index contributed by atoms with van der Waals surface area (Å²) in [6, 6.07) is 8.74. The Labute approximate surface area is 149 Å². The van der Waals surface area contributed by atoms with Crippen LogP contribution >= 0.6 is 0 Å². The predicted molar refractivity (Wildman–Crippen MR) is 95.1 cm³/mol. The Bertz CT molecular complexity index is 570. The van der Waals surface area contributed by atoms with Crippen LogP contribution < -0.4 is 10.6 Å². The van der Waals surface area contributed by atoms with Gasteiger partial charge in [-0.1, -0.05) is 25.1 Å². The van der Waals surface area contributed by atoms with Crippen LogP contribution in [0.1, 0.15) is 44.0 Å². The number of hydrogen-bond donors (Lipinski definition) is 2. The van der Waals surface area contributed by atoms with Crippen molar-refractivity contribution in [1.82, 2.24) is 10.6 Å². The Morgan fingerprint density at radius 3 is 2.44 bits per heavy atom. The van der Waals surface area contributed by atoms with Gasteiger partial charge in [0.1, 0.15) is 0 Å². The van der Waals surface area contributed by atoms with Gasteiger partial charge in [-0.15, -0.1) is 0 Å². The van der Waals surface area contributed by atoms with Gasteiger partial charge in [0.25, 0.3) is 5.91 Å². The topological polar surface area (TPSA) is 76.7 Å². The van der Waals surface area contributed by atoms with Gasteiger partial charge in [0, 0.05) is 31.0 Å². The van der Waals surface area contributed by atoms with Crippen LogP contribution in [0.3, 0.4) is 0 Å². The van der Waals surface area contributed by atoms with Crippen LogP contribution in [-0.4, -0.2) is 43.4 Å². The highest BCUT2D eigenvalue weighted by Gasteiger charge is 2.32. The molecular weight excluding hydrogens is 320 g/mol. The van der Waals surface area contributed by atoms with E-state index in [-0.39, 0.29) is 30.2 Å². The molecule has 1 fully saturated rings. The van der Waals surface area contributed by atoms with E-state index in [1.54, 1.807) is 12.1 Å². The van der Waals surface area contributed by atoms with Gasteiger partial charge in [0.15, 0.2) is 5.79 Å². The average Bonchev–Trinajstić information content (AvgIpc) is 2.99. The van der Waals surface area contributed by atoms with Crippen molar-refractivity contribution in [1.29, 1.82) is 0 Å². The standard InChI is InChI=1S/C19H28N2O4/c1-14(12-19(3)24-9-10-25-19)13-20-17(22)11-15(2)21-18(23)16-7-5-4-6-8-16/h4-8,14-15H,9-13H2,1-3H3,(H,20,22)(H,21,23). The Balaban J connectivity index is 1.68. The van der Waals surface area contributed by atoms with E-state index in [0.717, 1.165) is 6.42 Å². The van der Waals surface area contributed by atoms with Gasteiger partial charge in [0.2, 0.25) is 5.91 Å². The lowest BCUT2D eigenvalue weighted by Gasteiger charge is -2.26. The molecule has 25 heavy (non-hydrogen) atoms. The normalized spacial score (nSPS) is 18.4. The molecule has 6 nitrogen and oxygen atoms in total. The first-order valence-corrected chi connectivity index (χ1v) is 8.78. The second kappa shape index (κ2) is 8.97. The zero-order valence-corrected chi connectivity index (χ0v) is 15.2. The molecule has 1 aromatic rings. The Morgan fingerprint density at radius 2 is 1.80 bits per heavy atom. The maximum absolute atomic E-state index is 12.1. The fourth-order valence-electron chi connectivity index (χ4n) is 2.97. The van der Waals surface area contributed by atoms with E-state index in [0.29, 0.717) is 25.3 Å². The maximum atomic E-state index is 12.1. The van der Waals surface area contributed by atoms with Crippen LogP contribution in [0.25, 0.3) is 0 Å². The number of rotatable bonds is 8. The number of hydrogen-bond acceptors (Lipinski definition) is 4. The number of benzene rings is 1. The van der Waals surface area contributed by atoms with E-state index in [2.05, 4.69) is 17.6 Å². The lowest BCUT2D eigenvalue weighted by Crippen LogP contribution is -2.39. The summed E-state index contributed by atoms with van der Waals surface area (Å²) in [6.45, 7) is 7.60. The summed E-state index contributed by atoms with van der Waals surface area (Å²) >= 11 is 0. The highest BCUT2D eigenvalue weighted by Crippen LogP contribution is 2.26. The average molecular weight is 348 g/mol. The van der Waals surface area contributed by atoms with Crippen molar-refractivity contribution in [2.75, 3.05) is 19.8 Å². The van der Waals surface area contributed by atoms with Crippen LogP contribution in [0.5, 0.6) is 0 Å². The van der Waals surface area contributed by atoms with Crippen molar-refractivity contribution in [3.63, 3.8) is 0 Å². The van der Waals surface area contributed by atoms with Crippen molar-refractivity contribution < 1.29 is 19.1 Å². The van der Waals surface area contributed by atoms with Crippen LogP contribution in [0.4, 0.5) is 0 Å². The lowest BCUT2D eigenvalue weighted by atomic mass is 10.0. The molecule has 2 unspecified atom stereocenters. The molecule has 0 saturated carbocycles. The van der Waals surface area contributed by atoms with Crippen molar-refractivity contribution in [3.05, 3.63) is 35.9 Å². The molecule has 0 spiro atoms. The molecule has 138 valence electrons. The molecule has 2 atom stereocenters. The highest BCUT2D eigenvalue weighted by molar-refractivity contribution is 5.94. The quantitative estimate of drug-likeness (QED) is 0.754. The summed E-state index contributed by atoms with van der Waals surface area (Å²) in [4.78, 5) is 24.1. The first kappa shape index (κ1) is 19.4. The first-order chi connectivity index (χ1) is 11.9. The Kier molecular flexibility index (Phi) is 6.96. The summed E-state index contributed by atoms with van der Waals surface area (Å²) in [6.07, 6.45) is 0.975. The molecule has 1 aromatic carbocycles. The molecule has 2 N–H and O–H groups in total. The maximum Gasteiger partial charge on any atom is 0.251 e. The molecule has 0 aromatic heterocycles. The molecule has 6 heteroatoms. The molecule has 1 aliphatic heterocycles. The van der Waals surface area contributed by atoms with Crippen molar-refractivity contribution >= 4 is 11.8 Å². The van der Waals surface area contributed by atoms with E-state index in [1.165, 1.54) is 0 Å². The van der Waals surface area contributed by atoms with Gasteiger partial charge in [-0.3, -0.25) is 9.59 Å². The van der Waals surface area contributed by atoms with E-state index in [4.69, 9.17) is 9.47 Å². The second-order valence-corrected chi connectivity index (χ2v) is 6.89. The van der Waals surface area contributed by atoms with Gasteiger partial charge in [0.05, 0.1) is 13.2 Å². The van der Waals surface area contributed by atoms with E-state index >= 15 is 0 Å². The number of ether oxygens (including phenoxy) is 2. The van der Waals surface area contributed by atoms with Gasteiger partial charge < -0.3 is 20.1 Å². The van der Waals surface area contributed by atoms with Crippen LogP contribution in [0, 0.1) is 5.92 Å². The first-order valence-electron chi connectivity index (χ1n) is 8.78. The molecule has 2 amide bonds. The molecular formula is C19H28N2O4. The van der Waals surface area contributed by atoms with E-state index < -0.39 is 5.79 Å². The third-order valence-electron chi connectivity index (χ3n) is 4.17. The number of carbonyl (C=O) groups is 2. The van der Waals surface area contributed by atoms with Gasteiger partial charge in [-0.05, 0) is 31.9 Å². The third-order valence-corrected chi connectivity index (χ3v) is 4.17. The van der Waals surface area contributed by atoms with Crippen LogP contribution in [0.15, 0.2) is 30.3 Å². The third kappa shape index (κ3) is 6.48. The summed E-state index contributed by atoms with van der Waals surface area (Å²) in [5.41, 5.74) is 0.591. The highest BCUT2D eigenvalue weighted by atomic mass is 16.7. The molecule has 1 heterocycles. The summed E-state index contributed by atoms with van der Waals surface area (Å²) in [5, 5.41) is 5.76. The molecule has 1 aliphatic rings. The molecule has 1 saturated heterocycles. The zero-order chi connectivity index (χ0) is 18.3. The van der Waals surface area contributed by atoms with E-state index in [9.17, 15) is 9.59 Å². The molecule has 0 aliphatic carbocycles. The van der Waals surface area contributed by atoms with Gasteiger partial charge >= 0.3 is 0 Å². The second-order valence-electron chi connectivity index (χ2n) is 6.89. The smallest absolute Gasteiger partial charge is 0.251 e. The molecule has 2 rings (SSSR count). The largest absolute Gasteiger partial charge is 0.356 e. The van der Waals surface area contributed by atoms with Crippen LogP contribution in [-0.2, 0) is 14.3 Å². The molecule has 0 radical (unpaired) electrons. The SMILES string of the molecule is CC(CNC(=O)CC(C)NC(=O)c1ccccc1)CC1(C)OCCO1. The summed E-state index contributed by atoms with van der Waals surface area (Å²) in [5.74, 6) is -0.550. The monoisotopic (exact) mass is 348 g/mol. The van der Waals surface area contributed by atoms with Crippen molar-refractivity contribution in [3.8, 4) is 0 Å². The van der Waals surface area contributed by atoms with Crippen molar-refractivity contribution in [2.24, 2.45) is 5.92 Å². The van der Waals surface area contributed by atoms with Crippen LogP contribution in [0.2, 0.25) is 0 Å². The lowest BCUT2D eigenvalue weighted by molar-refractivity contribution is -0.154. The van der Waals surface area contributed by atoms with Gasteiger partial charge in [-0.25, -0.2) is 0 Å². The summed E-state index contributed by atoms with van der Waals surface area (Å²) < 4.78 is 11.2. The predicted octanol–water partition coefficient (Wildman–Crippen LogP) is 2.10. The number of carbonyl (C=O) groups excluding carboxylic acids is 2. The number of nitrogens with one attached hydrogen (secondary N) is 2. The zero-order valence-electron chi connectivity index (χ0n) is 15.2. The minimum atomic E-state index is -0.541. The van der Waals surface area contributed by atoms with Gasteiger partial charge in [-0.2, -0.15) is 0 Å². The van der Waals surface area contributed by atoms with Crippen molar-refractivity contribution in [2.45, 2.75) is 45.4 Å². The summed E-state index contributed by atoms with van der Waals surface area (Å²) in [7, 11) is 0. The minimum absolute atomic E-state index is 0.0777. The Hall–Kier alpha value is -1.92. The minimum Gasteiger partial charge on any atom is -0.356 e. The fourth-order valence-corrected chi connectivity index (χ4v) is 2.97. The Morgan fingerprint density at radius 1 is 1.16 bits per heavy atom. The fraction of sp³-hybridized carbons (Fsp3) is 0.579. The number of amides is 2. The van der Waals surface area contributed by atoms with E-state index in [1.807, 2.05) is 32.0 Å². The molecule has 0 bridgehead atoms.